The summed E-state index contributed by atoms with van der Waals surface area (Å²) in [6, 6.07) is 5.33. The van der Waals surface area contributed by atoms with Gasteiger partial charge in [0.1, 0.15) is 28.1 Å². The van der Waals surface area contributed by atoms with Crippen LogP contribution in [0.25, 0.3) is 0 Å². The van der Waals surface area contributed by atoms with E-state index < -0.39 is 5.97 Å². The van der Waals surface area contributed by atoms with Crippen LogP contribution >= 0.6 is 23.2 Å². The molecule has 0 atom stereocenters. The standard InChI is InChI=1S/C18H20Cl2N2O5/c1-9(2)11-7-10(5-6-12(11)25-3)27-16-14(19)17(21-8-13(23)24)22-18(26-4)15(16)20/h5-7,9H,8H2,1-4H3,(H,21,22)(H,23,24). The van der Waals surface area contributed by atoms with E-state index in [1.165, 1.54) is 7.11 Å². The molecule has 2 rings (SSSR count). The van der Waals surface area contributed by atoms with E-state index in [0.29, 0.717) is 5.75 Å². The highest BCUT2D eigenvalue weighted by Crippen LogP contribution is 2.45. The molecule has 0 aliphatic carbocycles. The fourth-order valence-corrected chi connectivity index (χ4v) is 2.89. The van der Waals surface area contributed by atoms with Gasteiger partial charge >= 0.3 is 5.97 Å². The Hall–Kier alpha value is -2.38. The maximum Gasteiger partial charge on any atom is 0.322 e. The first-order valence-corrected chi connectivity index (χ1v) is 8.78. The number of rotatable bonds is 8. The predicted octanol–water partition coefficient (Wildman–Crippen LogP) is 4.82. The van der Waals surface area contributed by atoms with Gasteiger partial charge in [0.2, 0.25) is 5.88 Å². The Balaban J connectivity index is 2.47. The van der Waals surface area contributed by atoms with Crippen LogP contribution in [0.1, 0.15) is 25.3 Å². The highest BCUT2D eigenvalue weighted by atomic mass is 35.5. The van der Waals surface area contributed by atoms with Crippen molar-refractivity contribution in [1.82, 2.24) is 4.98 Å². The lowest BCUT2D eigenvalue weighted by molar-refractivity contribution is -0.134. The predicted molar refractivity (Wildman–Crippen MR) is 104 cm³/mol. The van der Waals surface area contributed by atoms with Crippen LogP contribution in [-0.4, -0.2) is 36.8 Å². The molecular weight excluding hydrogens is 395 g/mol. The van der Waals surface area contributed by atoms with Crippen LogP contribution in [0.2, 0.25) is 10.0 Å². The van der Waals surface area contributed by atoms with Gasteiger partial charge in [-0.1, -0.05) is 37.0 Å². The monoisotopic (exact) mass is 414 g/mol. The van der Waals surface area contributed by atoms with Gasteiger partial charge in [0.15, 0.2) is 11.6 Å². The highest BCUT2D eigenvalue weighted by molar-refractivity contribution is 6.39. The van der Waals surface area contributed by atoms with Gasteiger partial charge in [-0.25, -0.2) is 0 Å². The van der Waals surface area contributed by atoms with Crippen molar-refractivity contribution in [2.45, 2.75) is 19.8 Å². The van der Waals surface area contributed by atoms with Gasteiger partial charge in [-0.2, -0.15) is 4.98 Å². The Morgan fingerprint density at radius 2 is 1.93 bits per heavy atom. The Labute approximate surface area is 167 Å². The molecular formula is C18H20Cl2N2O5. The summed E-state index contributed by atoms with van der Waals surface area (Å²) in [7, 11) is 2.99. The van der Waals surface area contributed by atoms with Gasteiger partial charge in [0.25, 0.3) is 0 Å². The zero-order chi connectivity index (χ0) is 20.1. The molecule has 27 heavy (non-hydrogen) atoms. The fraction of sp³-hybridized carbons (Fsp3) is 0.333. The second-order valence-electron chi connectivity index (χ2n) is 5.83. The molecule has 0 aliphatic heterocycles. The van der Waals surface area contributed by atoms with E-state index in [-0.39, 0.29) is 40.0 Å². The summed E-state index contributed by atoms with van der Waals surface area (Å²) >= 11 is 12.6. The number of ether oxygens (including phenoxy) is 3. The number of aromatic nitrogens is 1. The van der Waals surface area contributed by atoms with Crippen molar-refractivity contribution in [1.29, 1.82) is 0 Å². The van der Waals surface area contributed by atoms with Gasteiger partial charge in [0.05, 0.1) is 14.2 Å². The number of aliphatic carboxylic acids is 1. The number of anilines is 1. The third-order valence-corrected chi connectivity index (χ3v) is 4.34. The summed E-state index contributed by atoms with van der Waals surface area (Å²) in [5.41, 5.74) is 0.951. The normalized spacial score (nSPS) is 10.6. The largest absolute Gasteiger partial charge is 0.496 e. The number of nitrogens with one attached hydrogen (secondary N) is 1. The number of pyridine rings is 1. The van der Waals surface area contributed by atoms with E-state index in [4.69, 9.17) is 42.5 Å². The summed E-state index contributed by atoms with van der Waals surface area (Å²) in [5.74, 6) is 0.619. The van der Waals surface area contributed by atoms with Crippen molar-refractivity contribution in [2.24, 2.45) is 0 Å². The lowest BCUT2D eigenvalue weighted by Crippen LogP contribution is -2.14. The molecule has 146 valence electrons. The number of nitrogens with zero attached hydrogens (tertiary/aromatic N) is 1. The maximum atomic E-state index is 10.8. The van der Waals surface area contributed by atoms with Crippen molar-refractivity contribution in [2.75, 3.05) is 26.1 Å². The van der Waals surface area contributed by atoms with Crippen LogP contribution in [0.3, 0.4) is 0 Å². The number of carbonyl (C=O) groups is 1. The zero-order valence-corrected chi connectivity index (χ0v) is 16.8. The number of carboxylic acids is 1. The number of benzene rings is 1. The second kappa shape index (κ2) is 9.01. The quantitative estimate of drug-likeness (QED) is 0.639. The number of hydrogen-bond acceptors (Lipinski definition) is 6. The smallest absolute Gasteiger partial charge is 0.322 e. The van der Waals surface area contributed by atoms with Crippen molar-refractivity contribution in [3.8, 4) is 23.1 Å². The third kappa shape index (κ3) is 4.87. The molecule has 0 radical (unpaired) electrons. The molecule has 9 heteroatoms. The van der Waals surface area contributed by atoms with Crippen LogP contribution in [0.5, 0.6) is 23.1 Å². The Morgan fingerprint density at radius 3 is 2.48 bits per heavy atom. The molecule has 1 heterocycles. The molecule has 0 saturated heterocycles. The van der Waals surface area contributed by atoms with Gasteiger partial charge in [-0.3, -0.25) is 4.79 Å². The molecule has 1 aromatic heterocycles. The maximum absolute atomic E-state index is 10.8. The minimum atomic E-state index is -1.07. The molecule has 0 unspecified atom stereocenters. The minimum Gasteiger partial charge on any atom is -0.496 e. The first kappa shape index (κ1) is 20.9. The third-order valence-electron chi connectivity index (χ3n) is 3.65. The first-order valence-electron chi connectivity index (χ1n) is 8.02. The minimum absolute atomic E-state index is 0.0453. The van der Waals surface area contributed by atoms with Crippen LogP contribution in [0.4, 0.5) is 5.82 Å². The van der Waals surface area contributed by atoms with Gasteiger partial charge in [-0.05, 0) is 24.1 Å². The average Bonchev–Trinajstić information content (AvgIpc) is 2.64. The molecule has 0 fully saturated rings. The lowest BCUT2D eigenvalue weighted by Gasteiger charge is -2.17. The highest BCUT2D eigenvalue weighted by Gasteiger charge is 2.21. The van der Waals surface area contributed by atoms with Gasteiger partial charge < -0.3 is 24.6 Å². The lowest BCUT2D eigenvalue weighted by atomic mass is 10.0. The Kier molecular flexibility index (Phi) is 6.98. The summed E-state index contributed by atoms with van der Waals surface area (Å²) < 4.78 is 16.4. The van der Waals surface area contributed by atoms with E-state index in [1.807, 2.05) is 19.9 Å². The Bertz CT molecular complexity index is 843. The summed E-state index contributed by atoms with van der Waals surface area (Å²) in [6.07, 6.45) is 0. The van der Waals surface area contributed by atoms with Gasteiger partial charge in [-0.15, -0.1) is 0 Å². The average molecular weight is 415 g/mol. The van der Waals surface area contributed by atoms with E-state index in [1.54, 1.807) is 19.2 Å². The summed E-state index contributed by atoms with van der Waals surface area (Å²) in [6.45, 7) is 3.69. The zero-order valence-electron chi connectivity index (χ0n) is 15.3. The van der Waals surface area contributed by atoms with E-state index in [9.17, 15) is 4.79 Å². The number of methoxy groups -OCH3 is 2. The van der Waals surface area contributed by atoms with E-state index in [2.05, 4.69) is 10.3 Å². The second-order valence-corrected chi connectivity index (χ2v) is 6.59. The van der Waals surface area contributed by atoms with Gasteiger partial charge in [0, 0.05) is 5.56 Å². The molecule has 0 spiro atoms. The molecule has 7 nitrogen and oxygen atoms in total. The molecule has 2 aromatic rings. The molecule has 2 N–H and O–H groups in total. The molecule has 0 saturated carbocycles. The molecule has 0 bridgehead atoms. The van der Waals surface area contributed by atoms with E-state index >= 15 is 0 Å². The first-order chi connectivity index (χ1) is 12.8. The van der Waals surface area contributed by atoms with Crippen molar-refractivity contribution >= 4 is 35.0 Å². The number of hydrogen-bond donors (Lipinski definition) is 2. The number of halogens is 2. The van der Waals surface area contributed by atoms with Crippen molar-refractivity contribution in [3.63, 3.8) is 0 Å². The van der Waals surface area contributed by atoms with Crippen molar-refractivity contribution in [3.05, 3.63) is 33.8 Å². The molecule has 0 amide bonds. The van der Waals surface area contributed by atoms with Crippen LogP contribution in [-0.2, 0) is 4.79 Å². The topological polar surface area (TPSA) is 89.9 Å². The summed E-state index contributed by atoms with van der Waals surface area (Å²) in [5, 5.41) is 11.6. The fourth-order valence-electron chi connectivity index (χ4n) is 2.35. The van der Waals surface area contributed by atoms with Crippen molar-refractivity contribution < 1.29 is 24.1 Å². The van der Waals surface area contributed by atoms with Crippen LogP contribution in [0, 0.1) is 0 Å². The number of carboxylic acid groups (broad SMARTS) is 1. The van der Waals surface area contributed by atoms with E-state index in [0.717, 1.165) is 11.3 Å². The molecule has 0 aliphatic rings. The SMILES string of the molecule is COc1ccc(Oc2c(Cl)c(NCC(=O)O)nc(OC)c2Cl)cc1C(C)C. The van der Waals surface area contributed by atoms with Crippen LogP contribution in [0.15, 0.2) is 18.2 Å². The van der Waals surface area contributed by atoms with Crippen LogP contribution < -0.4 is 19.5 Å². The summed E-state index contributed by atoms with van der Waals surface area (Å²) in [4.78, 5) is 14.9. The molecule has 1 aromatic carbocycles. The Morgan fingerprint density at radius 1 is 1.22 bits per heavy atom.